The van der Waals surface area contributed by atoms with Crippen LogP contribution in [0.1, 0.15) is 18.9 Å². The number of hydrogen-bond donors (Lipinski definition) is 0. The molecule has 2 aromatic carbocycles. The Labute approximate surface area is 114 Å². The fraction of sp³-hybridized carbons (Fsp3) is 0.214. The second-order valence-electron chi connectivity index (χ2n) is 3.77. The maximum atomic E-state index is 8.91. The lowest BCUT2D eigenvalue weighted by Gasteiger charge is -2.09. The maximum absolute atomic E-state index is 8.91. The summed E-state index contributed by atoms with van der Waals surface area (Å²) in [4.78, 5) is 0. The molecule has 0 aliphatic heterocycles. The molecule has 0 radical (unpaired) electrons. The molecule has 86 valence electrons. The maximum Gasteiger partial charge on any atom is 0.133 e. The van der Waals surface area contributed by atoms with Crippen LogP contribution in [0.3, 0.4) is 0 Å². The summed E-state index contributed by atoms with van der Waals surface area (Å²) in [6, 6.07) is 11.9. The SMILES string of the molecule is CCCOc1ccc2ccc(C#N)cc2c1I. The van der Waals surface area contributed by atoms with E-state index in [0.29, 0.717) is 5.56 Å². The molecule has 17 heavy (non-hydrogen) atoms. The molecule has 0 N–H and O–H groups in total. The standard InChI is InChI=1S/C14H12INO/c1-2-7-17-13-6-5-11-4-3-10(9-16)8-12(11)14(13)15/h3-6,8H,2,7H2,1H3. The van der Waals surface area contributed by atoms with Crippen molar-refractivity contribution >= 4 is 33.4 Å². The van der Waals surface area contributed by atoms with E-state index in [9.17, 15) is 0 Å². The van der Waals surface area contributed by atoms with E-state index in [1.807, 2.05) is 30.3 Å². The lowest BCUT2D eigenvalue weighted by molar-refractivity contribution is 0.316. The van der Waals surface area contributed by atoms with E-state index in [1.165, 1.54) is 0 Å². The van der Waals surface area contributed by atoms with Crippen molar-refractivity contribution in [3.8, 4) is 11.8 Å². The van der Waals surface area contributed by atoms with Crippen LogP contribution in [0.2, 0.25) is 0 Å². The zero-order valence-electron chi connectivity index (χ0n) is 9.53. The summed E-state index contributed by atoms with van der Waals surface area (Å²) in [6.45, 7) is 2.81. The predicted molar refractivity (Wildman–Crippen MR) is 77.2 cm³/mol. The second kappa shape index (κ2) is 5.37. The first-order chi connectivity index (χ1) is 8.26. The number of fused-ring (bicyclic) bond motifs is 1. The first-order valence-electron chi connectivity index (χ1n) is 5.51. The van der Waals surface area contributed by atoms with Gasteiger partial charge in [-0.3, -0.25) is 0 Å². The number of ether oxygens (including phenoxy) is 1. The van der Waals surface area contributed by atoms with E-state index in [2.05, 4.69) is 35.6 Å². The number of nitrogens with zero attached hydrogens (tertiary/aromatic N) is 1. The molecule has 0 aliphatic rings. The molecule has 0 bridgehead atoms. The van der Waals surface area contributed by atoms with Gasteiger partial charge in [0.05, 0.1) is 21.8 Å². The quantitative estimate of drug-likeness (QED) is 0.790. The lowest BCUT2D eigenvalue weighted by atomic mass is 10.1. The third-order valence-electron chi connectivity index (χ3n) is 2.51. The van der Waals surface area contributed by atoms with Crippen LogP contribution >= 0.6 is 22.6 Å². The van der Waals surface area contributed by atoms with Gasteiger partial charge in [-0.2, -0.15) is 5.26 Å². The Morgan fingerprint density at radius 1 is 1.29 bits per heavy atom. The van der Waals surface area contributed by atoms with Crippen molar-refractivity contribution in [2.75, 3.05) is 6.61 Å². The number of hydrogen-bond acceptors (Lipinski definition) is 2. The van der Waals surface area contributed by atoms with Crippen LogP contribution in [0.5, 0.6) is 5.75 Å². The Hall–Kier alpha value is -1.28. The van der Waals surface area contributed by atoms with E-state index in [4.69, 9.17) is 10.00 Å². The minimum atomic E-state index is 0.683. The largest absolute Gasteiger partial charge is 0.492 e. The number of nitriles is 1. The topological polar surface area (TPSA) is 33.0 Å². The van der Waals surface area contributed by atoms with Crippen molar-refractivity contribution in [3.05, 3.63) is 39.5 Å². The summed E-state index contributed by atoms with van der Waals surface area (Å²) in [6.07, 6.45) is 0.992. The highest BCUT2D eigenvalue weighted by Crippen LogP contribution is 2.30. The van der Waals surface area contributed by atoms with E-state index >= 15 is 0 Å². The van der Waals surface area contributed by atoms with Crippen LogP contribution in [0.25, 0.3) is 10.8 Å². The minimum absolute atomic E-state index is 0.683. The van der Waals surface area contributed by atoms with E-state index < -0.39 is 0 Å². The third-order valence-corrected chi connectivity index (χ3v) is 3.62. The van der Waals surface area contributed by atoms with Gasteiger partial charge < -0.3 is 4.74 Å². The Morgan fingerprint density at radius 3 is 2.76 bits per heavy atom. The summed E-state index contributed by atoms with van der Waals surface area (Å²) in [5, 5.41) is 11.1. The summed E-state index contributed by atoms with van der Waals surface area (Å²) in [7, 11) is 0. The molecule has 2 aromatic rings. The first kappa shape index (κ1) is 12.2. The molecule has 0 spiro atoms. The summed E-state index contributed by atoms with van der Waals surface area (Å²) in [5.41, 5.74) is 0.683. The highest BCUT2D eigenvalue weighted by atomic mass is 127. The van der Waals surface area contributed by atoms with Gasteiger partial charge in [0, 0.05) is 5.39 Å². The van der Waals surface area contributed by atoms with Gasteiger partial charge in [0.15, 0.2) is 0 Å². The monoisotopic (exact) mass is 337 g/mol. The van der Waals surface area contributed by atoms with E-state index in [1.54, 1.807) is 0 Å². The molecule has 2 nitrogen and oxygen atoms in total. The first-order valence-corrected chi connectivity index (χ1v) is 6.59. The molecule has 0 saturated carbocycles. The second-order valence-corrected chi connectivity index (χ2v) is 4.85. The van der Waals surface area contributed by atoms with Gasteiger partial charge in [-0.15, -0.1) is 0 Å². The van der Waals surface area contributed by atoms with Gasteiger partial charge >= 0.3 is 0 Å². The average molecular weight is 337 g/mol. The van der Waals surface area contributed by atoms with Gasteiger partial charge in [-0.25, -0.2) is 0 Å². The lowest BCUT2D eigenvalue weighted by Crippen LogP contribution is -1.97. The zero-order valence-corrected chi connectivity index (χ0v) is 11.7. The normalized spacial score (nSPS) is 10.2. The summed E-state index contributed by atoms with van der Waals surface area (Å²) >= 11 is 2.28. The van der Waals surface area contributed by atoms with Gasteiger partial charge in [-0.05, 0) is 52.6 Å². The van der Waals surface area contributed by atoms with Gasteiger partial charge in [0.2, 0.25) is 0 Å². The van der Waals surface area contributed by atoms with Gasteiger partial charge in [0.1, 0.15) is 5.75 Å². The number of halogens is 1. The van der Waals surface area contributed by atoms with Crippen molar-refractivity contribution in [1.29, 1.82) is 5.26 Å². The molecular formula is C14H12INO. The minimum Gasteiger partial charge on any atom is -0.492 e. The Bertz CT molecular complexity index is 587. The molecule has 0 atom stereocenters. The summed E-state index contributed by atoms with van der Waals surface area (Å²) in [5.74, 6) is 0.898. The highest BCUT2D eigenvalue weighted by molar-refractivity contribution is 14.1. The van der Waals surface area contributed by atoms with Gasteiger partial charge in [0.25, 0.3) is 0 Å². The zero-order chi connectivity index (χ0) is 12.3. The van der Waals surface area contributed by atoms with Crippen molar-refractivity contribution < 1.29 is 4.74 Å². The molecule has 0 unspecified atom stereocenters. The Kier molecular flexibility index (Phi) is 3.85. The molecule has 0 aromatic heterocycles. The van der Waals surface area contributed by atoms with Crippen LogP contribution < -0.4 is 4.74 Å². The third kappa shape index (κ3) is 2.52. The Morgan fingerprint density at radius 2 is 2.06 bits per heavy atom. The van der Waals surface area contributed by atoms with Crippen molar-refractivity contribution in [2.45, 2.75) is 13.3 Å². The molecular weight excluding hydrogens is 325 g/mol. The van der Waals surface area contributed by atoms with Crippen LogP contribution in [-0.2, 0) is 0 Å². The fourth-order valence-corrected chi connectivity index (χ4v) is 2.46. The smallest absolute Gasteiger partial charge is 0.133 e. The van der Waals surface area contributed by atoms with Crippen LogP contribution in [0.4, 0.5) is 0 Å². The molecule has 0 saturated heterocycles. The number of benzene rings is 2. The van der Waals surface area contributed by atoms with Crippen LogP contribution in [-0.4, -0.2) is 6.61 Å². The molecule has 0 fully saturated rings. The Balaban J connectivity index is 2.53. The number of rotatable bonds is 3. The molecule has 0 aliphatic carbocycles. The van der Waals surface area contributed by atoms with Gasteiger partial charge in [-0.1, -0.05) is 19.1 Å². The van der Waals surface area contributed by atoms with Crippen molar-refractivity contribution in [1.82, 2.24) is 0 Å². The average Bonchev–Trinajstić information content (AvgIpc) is 2.38. The molecule has 2 rings (SSSR count). The molecule has 0 heterocycles. The molecule has 0 amide bonds. The van der Waals surface area contributed by atoms with Crippen molar-refractivity contribution in [3.63, 3.8) is 0 Å². The van der Waals surface area contributed by atoms with Crippen LogP contribution in [0, 0.1) is 14.9 Å². The van der Waals surface area contributed by atoms with E-state index in [-0.39, 0.29) is 0 Å². The van der Waals surface area contributed by atoms with E-state index in [0.717, 1.165) is 33.1 Å². The van der Waals surface area contributed by atoms with Crippen molar-refractivity contribution in [2.24, 2.45) is 0 Å². The molecule has 3 heteroatoms. The predicted octanol–water partition coefficient (Wildman–Crippen LogP) is 4.10. The highest BCUT2D eigenvalue weighted by Gasteiger charge is 2.06. The summed E-state index contributed by atoms with van der Waals surface area (Å²) < 4.78 is 6.75. The van der Waals surface area contributed by atoms with Crippen LogP contribution in [0.15, 0.2) is 30.3 Å². The fourth-order valence-electron chi connectivity index (χ4n) is 1.66.